The van der Waals surface area contributed by atoms with Crippen molar-refractivity contribution in [1.29, 1.82) is 0 Å². The Bertz CT molecular complexity index is 1820. The summed E-state index contributed by atoms with van der Waals surface area (Å²) < 4.78 is 56.7. The molecular formula is C32H38N4O5S2. The molecule has 1 fully saturated rings. The van der Waals surface area contributed by atoms with Gasteiger partial charge in [0.15, 0.2) is 0 Å². The van der Waals surface area contributed by atoms with Crippen molar-refractivity contribution in [1.82, 2.24) is 14.8 Å². The van der Waals surface area contributed by atoms with E-state index in [0.29, 0.717) is 24.4 Å². The van der Waals surface area contributed by atoms with Crippen molar-refractivity contribution in [3.63, 3.8) is 0 Å². The van der Waals surface area contributed by atoms with E-state index in [1.54, 1.807) is 42.5 Å². The molecule has 0 aliphatic carbocycles. The van der Waals surface area contributed by atoms with Gasteiger partial charge in [-0.15, -0.1) is 0 Å². The van der Waals surface area contributed by atoms with Crippen molar-refractivity contribution < 1.29 is 21.6 Å². The minimum absolute atomic E-state index is 0.0180. The third-order valence-corrected chi connectivity index (χ3v) is 11.8. The van der Waals surface area contributed by atoms with Gasteiger partial charge in [0.1, 0.15) is 11.1 Å². The molecule has 9 nitrogen and oxygen atoms in total. The number of aryl methyl sites for hydroxylation is 3. The molecule has 228 valence electrons. The third-order valence-electron chi connectivity index (χ3n) is 8.68. The summed E-state index contributed by atoms with van der Waals surface area (Å²) in [7, 11) is -7.65. The third kappa shape index (κ3) is 6.68. The average molecular weight is 623 g/mol. The maximum atomic E-state index is 13.6. The smallest absolute Gasteiger partial charge is 0.242 e. The second-order valence-corrected chi connectivity index (χ2v) is 15.3. The second-order valence-electron chi connectivity index (χ2n) is 11.7. The maximum Gasteiger partial charge on any atom is 0.242 e. The zero-order valence-electron chi connectivity index (χ0n) is 25.1. The first-order valence-electron chi connectivity index (χ1n) is 14.3. The van der Waals surface area contributed by atoms with E-state index < -0.39 is 37.2 Å². The molecule has 0 spiro atoms. The molecular weight excluding hydrogens is 585 g/mol. The molecule has 2 aliphatic rings. The first-order chi connectivity index (χ1) is 20.2. The van der Waals surface area contributed by atoms with Crippen LogP contribution in [0.25, 0.3) is 0 Å². The van der Waals surface area contributed by atoms with Gasteiger partial charge in [-0.25, -0.2) is 21.6 Å². The van der Waals surface area contributed by atoms with Crippen LogP contribution in [0.15, 0.2) is 64.5 Å². The van der Waals surface area contributed by atoms with Crippen LogP contribution in [0.1, 0.15) is 56.2 Å². The van der Waals surface area contributed by atoms with Gasteiger partial charge in [0.2, 0.25) is 26.0 Å². The highest BCUT2D eigenvalue weighted by Gasteiger charge is 2.38. The standard InChI is InChI=1S/C32H38N4O5S2/c1-19-7-13-28(14-21(19)3)42(38,39)35-29(15-24-8-11-25(12-9-24)30-17-31(37)36-43(30,40)41)32-33-18-27(34-32)16-26-10-6-20(2)22(4)23(26)5/h6-14,27,29-30,35H,15-18H2,1-5H3,(H,33,34)(H,36,37). The van der Waals surface area contributed by atoms with Crippen LogP contribution >= 0.6 is 0 Å². The summed E-state index contributed by atoms with van der Waals surface area (Å²) in [4.78, 5) is 16.6. The van der Waals surface area contributed by atoms with Crippen molar-refractivity contribution in [2.75, 3.05) is 6.54 Å². The fraction of sp³-hybridized carbons (Fsp3) is 0.375. The van der Waals surface area contributed by atoms with Gasteiger partial charge in [0.25, 0.3) is 0 Å². The van der Waals surface area contributed by atoms with E-state index in [4.69, 9.17) is 4.99 Å². The number of sulfonamides is 2. The van der Waals surface area contributed by atoms with Gasteiger partial charge in [-0.05, 0) is 104 Å². The van der Waals surface area contributed by atoms with Crippen LogP contribution in [-0.4, -0.2) is 47.2 Å². The fourth-order valence-electron chi connectivity index (χ4n) is 5.62. The van der Waals surface area contributed by atoms with Crippen molar-refractivity contribution in [3.05, 3.63) is 99.1 Å². The van der Waals surface area contributed by atoms with Crippen LogP contribution in [0.2, 0.25) is 0 Å². The Kier molecular flexibility index (Phi) is 8.52. The molecule has 3 N–H and O–H groups in total. The summed E-state index contributed by atoms with van der Waals surface area (Å²) in [6.45, 7) is 10.7. The van der Waals surface area contributed by atoms with E-state index in [2.05, 4.69) is 42.9 Å². The Morgan fingerprint density at radius 3 is 2.28 bits per heavy atom. The van der Waals surface area contributed by atoms with Crippen molar-refractivity contribution in [3.8, 4) is 0 Å². The Balaban J connectivity index is 1.39. The van der Waals surface area contributed by atoms with Gasteiger partial charge in [0.05, 0.1) is 29.9 Å². The molecule has 1 amide bonds. The number of hydrogen-bond acceptors (Lipinski definition) is 7. The number of hydrogen-bond donors (Lipinski definition) is 3. The maximum absolute atomic E-state index is 13.6. The number of nitrogens with one attached hydrogen (secondary N) is 3. The van der Waals surface area contributed by atoms with E-state index in [1.807, 2.05) is 18.6 Å². The number of amides is 1. The lowest BCUT2D eigenvalue weighted by Gasteiger charge is -2.22. The molecule has 11 heteroatoms. The number of carbonyl (C=O) groups excluding carboxylic acids is 1. The molecule has 1 saturated heterocycles. The molecule has 43 heavy (non-hydrogen) atoms. The molecule has 5 rings (SSSR count). The number of benzene rings is 3. The van der Waals surface area contributed by atoms with Crippen LogP contribution in [0, 0.1) is 34.6 Å². The molecule has 3 aromatic carbocycles. The summed E-state index contributed by atoms with van der Waals surface area (Å²) in [5, 5.41) is 2.54. The summed E-state index contributed by atoms with van der Waals surface area (Å²) in [6, 6.07) is 15.6. The van der Waals surface area contributed by atoms with Crippen molar-refractivity contribution in [2.45, 2.75) is 76.1 Å². The van der Waals surface area contributed by atoms with Crippen molar-refractivity contribution >= 4 is 31.8 Å². The zero-order chi connectivity index (χ0) is 31.1. The zero-order valence-corrected chi connectivity index (χ0v) is 26.7. The monoisotopic (exact) mass is 622 g/mol. The molecule has 0 aromatic heterocycles. The van der Waals surface area contributed by atoms with Crippen LogP contribution < -0.4 is 14.8 Å². The number of nitrogens with zero attached hydrogens (tertiary/aromatic N) is 1. The molecule has 2 heterocycles. The van der Waals surface area contributed by atoms with E-state index in [-0.39, 0.29) is 17.4 Å². The second kappa shape index (κ2) is 11.9. The Labute approximate surface area is 254 Å². The molecule has 3 unspecified atom stereocenters. The molecule has 0 saturated carbocycles. The summed E-state index contributed by atoms with van der Waals surface area (Å²) >= 11 is 0. The lowest BCUT2D eigenvalue weighted by Crippen LogP contribution is -2.48. The van der Waals surface area contributed by atoms with Crippen LogP contribution in [0.3, 0.4) is 0 Å². The largest absolute Gasteiger partial charge is 0.368 e. The molecule has 0 radical (unpaired) electrons. The van der Waals surface area contributed by atoms with Gasteiger partial charge in [-0.2, -0.15) is 0 Å². The first kappa shape index (κ1) is 30.9. The molecule has 3 aromatic rings. The van der Waals surface area contributed by atoms with Gasteiger partial charge < -0.3 is 5.32 Å². The minimum Gasteiger partial charge on any atom is -0.368 e. The van der Waals surface area contributed by atoms with Crippen LogP contribution in [0.5, 0.6) is 0 Å². The highest BCUT2D eigenvalue weighted by molar-refractivity contribution is 7.90. The van der Waals surface area contributed by atoms with Crippen LogP contribution in [0.4, 0.5) is 0 Å². The summed E-state index contributed by atoms with van der Waals surface area (Å²) in [6.07, 6.45) is 0.927. The normalized spacial score (nSPS) is 20.4. The van der Waals surface area contributed by atoms with Crippen molar-refractivity contribution in [2.24, 2.45) is 4.99 Å². The Hall–Kier alpha value is -3.54. The predicted molar refractivity (Wildman–Crippen MR) is 168 cm³/mol. The number of carbonyl (C=O) groups is 1. The van der Waals surface area contributed by atoms with Gasteiger partial charge in [-0.1, -0.05) is 42.5 Å². The highest BCUT2D eigenvalue weighted by Crippen LogP contribution is 2.30. The summed E-state index contributed by atoms with van der Waals surface area (Å²) in [5.41, 5.74) is 8.19. The van der Waals surface area contributed by atoms with Gasteiger partial charge in [-0.3, -0.25) is 14.5 Å². The Morgan fingerprint density at radius 1 is 0.930 bits per heavy atom. The minimum atomic E-state index is -3.89. The summed E-state index contributed by atoms with van der Waals surface area (Å²) in [5.74, 6) is 0.0434. The van der Waals surface area contributed by atoms with Gasteiger partial charge >= 0.3 is 0 Å². The van der Waals surface area contributed by atoms with E-state index in [9.17, 15) is 21.6 Å². The average Bonchev–Trinajstić information content (AvgIpc) is 3.53. The first-order valence-corrected chi connectivity index (χ1v) is 17.4. The SMILES string of the molecule is Cc1ccc(S(=O)(=O)NC(Cc2ccc(C3CC(=O)NS3(=O)=O)cc2)C2=NCC(Cc3ccc(C)c(C)c3C)N2)cc1C. The number of aliphatic imine (C=N–C) groups is 1. The van der Waals surface area contributed by atoms with Gasteiger partial charge in [0, 0.05) is 0 Å². The fourth-order valence-corrected chi connectivity index (χ4v) is 8.33. The van der Waals surface area contributed by atoms with E-state index in [1.165, 1.54) is 22.3 Å². The quantitative estimate of drug-likeness (QED) is 0.334. The topological polar surface area (TPSA) is 134 Å². The Morgan fingerprint density at radius 2 is 1.63 bits per heavy atom. The van der Waals surface area contributed by atoms with Crippen LogP contribution in [-0.2, 0) is 37.7 Å². The molecule has 2 aliphatic heterocycles. The lowest BCUT2D eigenvalue weighted by atomic mass is 9.95. The van der Waals surface area contributed by atoms with E-state index >= 15 is 0 Å². The predicted octanol–water partition coefficient (Wildman–Crippen LogP) is 3.62. The molecule has 0 bridgehead atoms. The lowest BCUT2D eigenvalue weighted by molar-refractivity contribution is -0.118. The molecule has 3 atom stereocenters. The number of rotatable bonds is 9. The number of amidine groups is 1. The van der Waals surface area contributed by atoms with E-state index in [0.717, 1.165) is 23.1 Å². The highest BCUT2D eigenvalue weighted by atomic mass is 32.2.